The number of para-hydroxylation sites is 2. The van der Waals surface area contributed by atoms with Gasteiger partial charge in [0.25, 0.3) is 0 Å². The van der Waals surface area contributed by atoms with Gasteiger partial charge in [0.1, 0.15) is 5.04 Å². The lowest BCUT2D eigenvalue weighted by molar-refractivity contribution is 1.09. The van der Waals surface area contributed by atoms with Gasteiger partial charge in [0.2, 0.25) is 0 Å². The van der Waals surface area contributed by atoms with Gasteiger partial charge in [0, 0.05) is 12.3 Å². The van der Waals surface area contributed by atoms with Gasteiger partial charge in [0.05, 0.1) is 17.6 Å². The first-order chi connectivity index (χ1) is 9.93. The van der Waals surface area contributed by atoms with Crippen molar-refractivity contribution in [2.24, 2.45) is 10.1 Å². The summed E-state index contributed by atoms with van der Waals surface area (Å²) in [5.41, 5.74) is 2.08. The van der Waals surface area contributed by atoms with Crippen LogP contribution in [0.5, 0.6) is 0 Å². The molecule has 2 aromatic rings. The van der Waals surface area contributed by atoms with E-state index < -0.39 is 0 Å². The normalized spacial score (nSPS) is 14.5. The highest BCUT2D eigenvalue weighted by atomic mass is 32.2. The third-order valence-electron chi connectivity index (χ3n) is 2.89. The molecule has 0 radical (unpaired) electrons. The summed E-state index contributed by atoms with van der Waals surface area (Å²) in [4.78, 5) is 4.40. The summed E-state index contributed by atoms with van der Waals surface area (Å²) >= 11 is 1.75. The monoisotopic (exact) mass is 281 g/mol. The summed E-state index contributed by atoms with van der Waals surface area (Å²) in [6, 6.07) is 20.3. The molecule has 0 atom stereocenters. The van der Waals surface area contributed by atoms with Crippen molar-refractivity contribution in [1.82, 2.24) is 0 Å². The third kappa shape index (κ3) is 3.08. The van der Waals surface area contributed by atoms with Gasteiger partial charge in [-0.3, -0.25) is 4.99 Å². The predicted molar refractivity (Wildman–Crippen MR) is 88.3 cm³/mol. The molecule has 0 fully saturated rings. The van der Waals surface area contributed by atoms with Gasteiger partial charge < -0.3 is 0 Å². The van der Waals surface area contributed by atoms with E-state index in [9.17, 15) is 0 Å². The van der Waals surface area contributed by atoms with Crippen LogP contribution in [0.15, 0.2) is 70.8 Å². The van der Waals surface area contributed by atoms with Crippen molar-refractivity contribution < 1.29 is 0 Å². The Hall–Kier alpha value is -2.07. The maximum Gasteiger partial charge on any atom is 0.111 e. The first kappa shape index (κ1) is 12.9. The smallest absolute Gasteiger partial charge is 0.111 e. The van der Waals surface area contributed by atoms with E-state index in [1.54, 1.807) is 11.8 Å². The zero-order valence-electron chi connectivity index (χ0n) is 11.0. The second-order valence-corrected chi connectivity index (χ2v) is 5.41. The number of aliphatic imine (C=N–C) groups is 1. The first-order valence-corrected chi connectivity index (χ1v) is 7.53. The van der Waals surface area contributed by atoms with E-state index in [1.165, 1.54) is 0 Å². The average molecular weight is 281 g/mol. The average Bonchev–Trinajstić information content (AvgIpc) is 3.03. The molecule has 4 heteroatoms. The van der Waals surface area contributed by atoms with E-state index in [0.29, 0.717) is 0 Å². The van der Waals surface area contributed by atoms with Crippen LogP contribution in [0.1, 0.15) is 0 Å². The third-order valence-corrected chi connectivity index (χ3v) is 3.81. The number of thioether (sulfide) groups is 1. The predicted octanol–water partition coefficient (Wildman–Crippen LogP) is 3.96. The van der Waals surface area contributed by atoms with E-state index in [2.05, 4.69) is 10.1 Å². The molecule has 0 saturated heterocycles. The molecule has 20 heavy (non-hydrogen) atoms. The van der Waals surface area contributed by atoms with Crippen LogP contribution in [-0.2, 0) is 0 Å². The van der Waals surface area contributed by atoms with Crippen molar-refractivity contribution in [3.63, 3.8) is 0 Å². The molecule has 3 nitrogen and oxygen atoms in total. The fourth-order valence-electron chi connectivity index (χ4n) is 1.96. The fourth-order valence-corrected chi connectivity index (χ4v) is 2.65. The minimum Gasteiger partial charge on any atom is -0.276 e. The minimum absolute atomic E-state index is 0.892. The SMILES string of the molecule is C(=NN(c1ccccc1)c1ccccc1)C1=NCCS1. The Balaban J connectivity index is 1.91. The van der Waals surface area contributed by atoms with Crippen LogP contribution in [0.3, 0.4) is 0 Å². The van der Waals surface area contributed by atoms with Crippen molar-refractivity contribution >= 4 is 34.4 Å². The lowest BCUT2D eigenvalue weighted by atomic mass is 10.2. The standard InChI is InChI=1S/C16H15N3S/c1-3-7-14(8-4-1)19(15-9-5-2-6-10-15)18-13-16-17-11-12-20-16/h1-10,13H,11-12H2. The molecular weight excluding hydrogens is 266 g/mol. The Kier molecular flexibility index (Phi) is 4.13. The largest absolute Gasteiger partial charge is 0.276 e. The highest BCUT2D eigenvalue weighted by molar-refractivity contribution is 8.15. The lowest BCUT2D eigenvalue weighted by Gasteiger charge is -2.18. The van der Waals surface area contributed by atoms with Crippen LogP contribution in [0.2, 0.25) is 0 Å². The maximum absolute atomic E-state index is 4.60. The highest BCUT2D eigenvalue weighted by Gasteiger charge is 2.08. The molecule has 0 aromatic heterocycles. The van der Waals surface area contributed by atoms with Crippen molar-refractivity contribution in [3.05, 3.63) is 60.7 Å². The van der Waals surface area contributed by atoms with Gasteiger partial charge in [-0.15, -0.1) is 11.8 Å². The Bertz CT molecular complexity index is 569. The fraction of sp³-hybridized carbons (Fsp3) is 0.125. The Labute approximate surface area is 123 Å². The molecule has 100 valence electrons. The Morgan fingerprint density at radius 3 is 2.05 bits per heavy atom. The van der Waals surface area contributed by atoms with E-state index >= 15 is 0 Å². The summed E-state index contributed by atoms with van der Waals surface area (Å²) in [7, 11) is 0. The zero-order chi connectivity index (χ0) is 13.6. The molecule has 0 saturated carbocycles. The molecule has 2 aromatic carbocycles. The summed E-state index contributed by atoms with van der Waals surface area (Å²) in [5, 5.41) is 7.54. The molecule has 0 amide bonds. The van der Waals surface area contributed by atoms with E-state index in [0.717, 1.165) is 28.7 Å². The quantitative estimate of drug-likeness (QED) is 0.627. The summed E-state index contributed by atoms with van der Waals surface area (Å²) in [6.07, 6.45) is 1.84. The molecule has 1 heterocycles. The molecular formula is C16H15N3S. The van der Waals surface area contributed by atoms with Crippen LogP contribution in [0, 0.1) is 0 Å². The van der Waals surface area contributed by atoms with Gasteiger partial charge in [0.15, 0.2) is 0 Å². The van der Waals surface area contributed by atoms with Crippen LogP contribution in [0.25, 0.3) is 0 Å². The highest BCUT2D eigenvalue weighted by Crippen LogP contribution is 2.25. The molecule has 1 aliphatic rings. The van der Waals surface area contributed by atoms with E-state index in [1.807, 2.05) is 71.9 Å². The van der Waals surface area contributed by atoms with Crippen LogP contribution >= 0.6 is 11.8 Å². The Morgan fingerprint density at radius 2 is 1.55 bits per heavy atom. The Morgan fingerprint density at radius 1 is 0.950 bits per heavy atom. The number of anilines is 2. The van der Waals surface area contributed by atoms with Gasteiger partial charge in [-0.2, -0.15) is 5.10 Å². The van der Waals surface area contributed by atoms with Crippen LogP contribution < -0.4 is 5.01 Å². The molecule has 0 N–H and O–H groups in total. The van der Waals surface area contributed by atoms with Crippen molar-refractivity contribution in [2.45, 2.75) is 0 Å². The minimum atomic E-state index is 0.892. The number of benzene rings is 2. The van der Waals surface area contributed by atoms with Gasteiger partial charge in [-0.1, -0.05) is 36.4 Å². The summed E-state index contributed by atoms with van der Waals surface area (Å²) < 4.78 is 0. The number of hydrogen-bond acceptors (Lipinski definition) is 4. The summed E-state index contributed by atoms with van der Waals surface area (Å²) in [5.74, 6) is 1.05. The lowest BCUT2D eigenvalue weighted by Crippen LogP contribution is -2.10. The molecule has 1 aliphatic heterocycles. The maximum atomic E-state index is 4.60. The van der Waals surface area contributed by atoms with Crippen LogP contribution in [-0.4, -0.2) is 23.6 Å². The number of hydrogen-bond donors (Lipinski definition) is 0. The van der Waals surface area contributed by atoms with Gasteiger partial charge >= 0.3 is 0 Å². The van der Waals surface area contributed by atoms with E-state index in [4.69, 9.17) is 0 Å². The first-order valence-electron chi connectivity index (χ1n) is 6.55. The molecule has 0 unspecified atom stereocenters. The molecule has 3 rings (SSSR count). The number of hydrazone groups is 1. The zero-order valence-corrected chi connectivity index (χ0v) is 11.8. The summed E-state index contributed by atoms with van der Waals surface area (Å²) in [6.45, 7) is 0.892. The second kappa shape index (κ2) is 6.39. The van der Waals surface area contributed by atoms with Crippen molar-refractivity contribution in [3.8, 4) is 0 Å². The van der Waals surface area contributed by atoms with E-state index in [-0.39, 0.29) is 0 Å². The topological polar surface area (TPSA) is 28.0 Å². The van der Waals surface area contributed by atoms with Crippen molar-refractivity contribution in [1.29, 1.82) is 0 Å². The van der Waals surface area contributed by atoms with Crippen LogP contribution in [0.4, 0.5) is 11.4 Å². The number of nitrogens with zero attached hydrogens (tertiary/aromatic N) is 3. The number of rotatable bonds is 4. The molecule has 0 aliphatic carbocycles. The van der Waals surface area contributed by atoms with Crippen molar-refractivity contribution in [2.75, 3.05) is 17.3 Å². The van der Waals surface area contributed by atoms with Gasteiger partial charge in [-0.05, 0) is 24.3 Å². The second-order valence-electron chi connectivity index (χ2n) is 4.30. The van der Waals surface area contributed by atoms with Gasteiger partial charge in [-0.25, -0.2) is 5.01 Å². The molecule has 0 bridgehead atoms. The molecule has 0 spiro atoms.